The fourth-order valence-electron chi connectivity index (χ4n) is 3.26. The first kappa shape index (κ1) is 17.5. The first-order valence-electron chi connectivity index (χ1n) is 9.26. The van der Waals surface area contributed by atoms with Crippen LogP contribution < -0.4 is 10.5 Å². The Bertz CT molecular complexity index is 1230. The van der Waals surface area contributed by atoms with E-state index in [1.54, 1.807) is 16.0 Å². The summed E-state index contributed by atoms with van der Waals surface area (Å²) in [5, 5.41) is 5.52. The van der Waals surface area contributed by atoms with Gasteiger partial charge in [-0.1, -0.05) is 72.0 Å². The van der Waals surface area contributed by atoms with Gasteiger partial charge in [0.2, 0.25) is 5.13 Å². The lowest BCUT2D eigenvalue weighted by molar-refractivity contribution is 0.301. The van der Waals surface area contributed by atoms with Gasteiger partial charge in [-0.3, -0.25) is 0 Å². The molecule has 5 nitrogen and oxygen atoms in total. The highest BCUT2D eigenvalue weighted by Crippen LogP contribution is 2.34. The van der Waals surface area contributed by atoms with E-state index in [4.69, 9.17) is 20.6 Å². The molecule has 0 spiro atoms. The summed E-state index contributed by atoms with van der Waals surface area (Å²) in [6, 6.07) is 27.8. The third-order valence-corrected chi connectivity index (χ3v) is 5.65. The molecule has 2 heterocycles. The molecule has 0 amide bonds. The fraction of sp³-hybridized carbons (Fsp3) is 0.0435. The Labute approximate surface area is 172 Å². The van der Waals surface area contributed by atoms with Gasteiger partial charge in [-0.15, -0.1) is 0 Å². The molecule has 2 aromatic heterocycles. The van der Waals surface area contributed by atoms with Gasteiger partial charge in [0.05, 0.1) is 15.8 Å². The first-order valence-corrected chi connectivity index (χ1v) is 10.1. The number of thiazole rings is 1. The van der Waals surface area contributed by atoms with E-state index < -0.39 is 0 Å². The van der Waals surface area contributed by atoms with Gasteiger partial charge in [0.1, 0.15) is 23.9 Å². The Hall–Kier alpha value is -3.64. The van der Waals surface area contributed by atoms with Gasteiger partial charge in [0.25, 0.3) is 0 Å². The van der Waals surface area contributed by atoms with Crippen LogP contribution in [0.4, 0.5) is 5.82 Å². The molecule has 3 aromatic carbocycles. The summed E-state index contributed by atoms with van der Waals surface area (Å²) in [6.07, 6.45) is 0. The first-order chi connectivity index (χ1) is 14.3. The summed E-state index contributed by atoms with van der Waals surface area (Å²) < 4.78 is 8.79. The highest BCUT2D eigenvalue weighted by atomic mass is 32.1. The van der Waals surface area contributed by atoms with E-state index in [0.29, 0.717) is 12.4 Å². The maximum absolute atomic E-state index is 6.57. The van der Waals surface area contributed by atoms with E-state index in [0.717, 1.165) is 37.9 Å². The highest BCUT2D eigenvalue weighted by molar-refractivity contribution is 7.20. The molecule has 142 valence electrons. The molecule has 0 aliphatic rings. The van der Waals surface area contributed by atoms with E-state index in [2.05, 4.69) is 0 Å². The number of aromatic nitrogens is 3. The molecular weight excluding hydrogens is 380 g/mol. The number of para-hydroxylation sites is 2. The van der Waals surface area contributed by atoms with Crippen LogP contribution in [0.2, 0.25) is 0 Å². The lowest BCUT2D eigenvalue weighted by Gasteiger charge is -2.06. The van der Waals surface area contributed by atoms with Crippen LogP contribution in [-0.2, 0) is 6.61 Å². The molecule has 5 aromatic rings. The van der Waals surface area contributed by atoms with E-state index in [1.165, 1.54) is 0 Å². The molecule has 0 unspecified atom stereocenters. The van der Waals surface area contributed by atoms with Crippen LogP contribution in [0.1, 0.15) is 5.69 Å². The van der Waals surface area contributed by atoms with Gasteiger partial charge in [0, 0.05) is 0 Å². The second-order valence-corrected chi connectivity index (χ2v) is 7.56. The van der Waals surface area contributed by atoms with Crippen molar-refractivity contribution in [3.8, 4) is 22.0 Å². The van der Waals surface area contributed by atoms with Crippen molar-refractivity contribution in [1.82, 2.24) is 14.8 Å². The van der Waals surface area contributed by atoms with Gasteiger partial charge >= 0.3 is 0 Å². The minimum absolute atomic E-state index is 0.316. The highest BCUT2D eigenvalue weighted by Gasteiger charge is 2.20. The second kappa shape index (κ2) is 7.41. The molecule has 29 heavy (non-hydrogen) atoms. The number of anilines is 1. The van der Waals surface area contributed by atoms with Crippen molar-refractivity contribution in [2.75, 3.05) is 5.73 Å². The molecule has 2 N–H and O–H groups in total. The van der Waals surface area contributed by atoms with Gasteiger partial charge in [-0.25, -0.2) is 4.98 Å². The van der Waals surface area contributed by atoms with Crippen LogP contribution in [0.5, 0.6) is 5.75 Å². The molecule has 0 bridgehead atoms. The van der Waals surface area contributed by atoms with Crippen molar-refractivity contribution < 1.29 is 4.74 Å². The van der Waals surface area contributed by atoms with Gasteiger partial charge < -0.3 is 10.5 Å². The maximum atomic E-state index is 6.57. The number of nitrogen functional groups attached to an aromatic ring is 1. The van der Waals surface area contributed by atoms with Crippen LogP contribution in [0, 0.1) is 0 Å². The fourth-order valence-corrected chi connectivity index (χ4v) is 4.19. The summed E-state index contributed by atoms with van der Waals surface area (Å²) in [6.45, 7) is 0.316. The number of rotatable bonds is 5. The number of nitrogens with two attached hydrogens (primary N) is 1. The van der Waals surface area contributed by atoms with Gasteiger partial charge in [-0.2, -0.15) is 9.78 Å². The quantitative estimate of drug-likeness (QED) is 0.436. The average Bonchev–Trinajstić information content (AvgIpc) is 3.34. The third-order valence-electron chi connectivity index (χ3n) is 4.64. The normalized spacial score (nSPS) is 11.0. The van der Waals surface area contributed by atoms with Crippen molar-refractivity contribution in [2.24, 2.45) is 0 Å². The predicted molar refractivity (Wildman–Crippen MR) is 117 cm³/mol. The smallest absolute Gasteiger partial charge is 0.213 e. The Morgan fingerprint density at radius 2 is 1.55 bits per heavy atom. The van der Waals surface area contributed by atoms with Crippen LogP contribution in [0.15, 0.2) is 84.9 Å². The zero-order valence-electron chi connectivity index (χ0n) is 15.5. The Kier molecular flexibility index (Phi) is 4.46. The summed E-state index contributed by atoms with van der Waals surface area (Å²) in [7, 11) is 0. The zero-order valence-corrected chi connectivity index (χ0v) is 16.3. The number of nitrogens with zero attached hydrogens (tertiary/aromatic N) is 3. The minimum Gasteiger partial charge on any atom is -0.487 e. The van der Waals surface area contributed by atoms with Gasteiger partial charge in [-0.05, 0) is 29.8 Å². The van der Waals surface area contributed by atoms with E-state index in [1.807, 2.05) is 84.9 Å². The van der Waals surface area contributed by atoms with Crippen molar-refractivity contribution in [2.45, 2.75) is 6.61 Å². The average molecular weight is 398 g/mol. The molecule has 5 rings (SSSR count). The Morgan fingerprint density at radius 3 is 2.31 bits per heavy atom. The lowest BCUT2D eigenvalue weighted by atomic mass is 10.1. The van der Waals surface area contributed by atoms with Crippen LogP contribution >= 0.6 is 11.3 Å². The topological polar surface area (TPSA) is 66.0 Å². The molecule has 0 saturated heterocycles. The number of benzene rings is 3. The molecule has 0 aliphatic carbocycles. The lowest BCUT2D eigenvalue weighted by Crippen LogP contribution is -2.02. The molecule has 6 heteroatoms. The maximum Gasteiger partial charge on any atom is 0.213 e. The molecule has 0 radical (unpaired) electrons. The van der Waals surface area contributed by atoms with Crippen molar-refractivity contribution in [1.29, 1.82) is 0 Å². The minimum atomic E-state index is 0.316. The number of hydrogen-bond donors (Lipinski definition) is 1. The second-order valence-electron chi connectivity index (χ2n) is 6.55. The van der Waals surface area contributed by atoms with E-state index in [9.17, 15) is 0 Å². The summed E-state index contributed by atoms with van der Waals surface area (Å²) in [4.78, 5) is 4.71. The number of ether oxygens (including phenoxy) is 1. The summed E-state index contributed by atoms with van der Waals surface area (Å²) >= 11 is 1.56. The standard InChI is InChI=1S/C23H18N4OS/c24-22-21(16-9-3-1-4-10-16)19(15-28-17-11-5-2-6-12-17)26-27(22)23-25-18-13-7-8-14-20(18)29-23/h1-14H,15,24H2. The molecular formula is C23H18N4OS. The molecule has 0 fully saturated rings. The predicted octanol–water partition coefficient (Wildman–Crippen LogP) is 5.31. The SMILES string of the molecule is Nc1c(-c2ccccc2)c(COc2ccccc2)nn1-c1nc2ccccc2s1. The monoisotopic (exact) mass is 398 g/mol. The van der Waals surface area contributed by atoms with Crippen LogP contribution in [0.3, 0.4) is 0 Å². The van der Waals surface area contributed by atoms with Gasteiger partial charge in [0.15, 0.2) is 0 Å². The van der Waals surface area contributed by atoms with Crippen molar-refractivity contribution in [3.63, 3.8) is 0 Å². The molecule has 0 aliphatic heterocycles. The third kappa shape index (κ3) is 3.34. The summed E-state index contributed by atoms with van der Waals surface area (Å²) in [5.74, 6) is 1.35. The number of hydrogen-bond acceptors (Lipinski definition) is 5. The van der Waals surface area contributed by atoms with E-state index in [-0.39, 0.29) is 0 Å². The van der Waals surface area contributed by atoms with Crippen molar-refractivity contribution in [3.05, 3.63) is 90.6 Å². The zero-order chi connectivity index (χ0) is 19.6. The molecule has 0 atom stereocenters. The summed E-state index contributed by atoms with van der Waals surface area (Å²) in [5.41, 5.74) is 10.2. The Morgan fingerprint density at radius 1 is 0.862 bits per heavy atom. The Balaban J connectivity index is 1.60. The number of fused-ring (bicyclic) bond motifs is 1. The molecule has 0 saturated carbocycles. The largest absolute Gasteiger partial charge is 0.487 e. The van der Waals surface area contributed by atoms with E-state index >= 15 is 0 Å². The van der Waals surface area contributed by atoms with Crippen LogP contribution in [-0.4, -0.2) is 14.8 Å². The van der Waals surface area contributed by atoms with Crippen molar-refractivity contribution >= 4 is 27.4 Å². The van der Waals surface area contributed by atoms with Crippen LogP contribution in [0.25, 0.3) is 26.5 Å².